The Morgan fingerprint density at radius 1 is 1.20 bits per heavy atom. The minimum absolute atomic E-state index is 0.333. The van der Waals surface area contributed by atoms with Crippen molar-refractivity contribution in [2.45, 2.75) is 62.9 Å². The molecule has 2 N–H and O–H groups in total. The molecular weight excluding hydrogens is 332 g/mol. The highest BCUT2D eigenvalue weighted by Crippen LogP contribution is 2.32. The molecule has 2 rings (SSSR count). The van der Waals surface area contributed by atoms with Crippen LogP contribution in [0, 0.1) is 0 Å². The van der Waals surface area contributed by atoms with Gasteiger partial charge in [-0.1, -0.05) is 45.4 Å². The molecule has 0 saturated carbocycles. The molecule has 5 heteroatoms. The van der Waals surface area contributed by atoms with E-state index in [4.69, 9.17) is 0 Å². The largest absolute Gasteiger partial charge is 0.383 e. The molecule has 0 spiro atoms. The van der Waals surface area contributed by atoms with Crippen molar-refractivity contribution < 1.29 is 9.90 Å². The summed E-state index contributed by atoms with van der Waals surface area (Å²) in [5.74, 6) is -0.333. The van der Waals surface area contributed by atoms with Crippen molar-refractivity contribution in [2.24, 2.45) is 0 Å². The second kappa shape index (κ2) is 10.4. The Morgan fingerprint density at radius 2 is 1.96 bits per heavy atom. The Kier molecular flexibility index (Phi) is 8.22. The van der Waals surface area contributed by atoms with Gasteiger partial charge in [0.15, 0.2) is 0 Å². The van der Waals surface area contributed by atoms with Crippen molar-refractivity contribution in [1.29, 1.82) is 0 Å². The van der Waals surface area contributed by atoms with Crippen molar-refractivity contribution in [1.82, 2.24) is 4.98 Å². The summed E-state index contributed by atoms with van der Waals surface area (Å²) in [6.45, 7) is 2.19. The van der Waals surface area contributed by atoms with Crippen LogP contribution in [0.4, 0.5) is 5.69 Å². The number of benzene rings is 1. The number of thioether (sulfide) groups is 1. The lowest BCUT2D eigenvalue weighted by atomic mass is 10.1. The van der Waals surface area contributed by atoms with Crippen molar-refractivity contribution >= 4 is 34.3 Å². The number of nitrogens with one attached hydrogen (secondary N) is 1. The number of nitrogens with zero attached hydrogens (tertiary/aromatic N) is 1. The van der Waals surface area contributed by atoms with E-state index in [9.17, 15) is 9.90 Å². The highest BCUT2D eigenvalue weighted by molar-refractivity contribution is 7.98. The van der Waals surface area contributed by atoms with E-state index in [1.165, 1.54) is 25.7 Å². The fraction of sp³-hybridized carbons (Fsp3) is 0.500. The number of carbonyl (C=O) groups is 1. The van der Waals surface area contributed by atoms with Gasteiger partial charge in [-0.2, -0.15) is 0 Å². The summed E-state index contributed by atoms with van der Waals surface area (Å²) < 4.78 is 0. The van der Waals surface area contributed by atoms with Gasteiger partial charge in [-0.3, -0.25) is 9.78 Å². The number of rotatable bonds is 10. The minimum atomic E-state index is -0.965. The molecule has 2 aromatic rings. The van der Waals surface area contributed by atoms with Crippen LogP contribution in [-0.2, 0) is 4.79 Å². The molecule has 0 aliphatic heterocycles. The summed E-state index contributed by atoms with van der Waals surface area (Å²) in [4.78, 5) is 17.7. The van der Waals surface area contributed by atoms with E-state index in [-0.39, 0.29) is 5.91 Å². The van der Waals surface area contributed by atoms with Crippen LogP contribution in [0.5, 0.6) is 0 Å². The first kappa shape index (κ1) is 19.7. The second-order valence-electron chi connectivity index (χ2n) is 6.27. The Hall–Kier alpha value is -1.59. The Labute approximate surface area is 154 Å². The predicted octanol–water partition coefficient (Wildman–Crippen LogP) is 5.01. The van der Waals surface area contributed by atoms with Gasteiger partial charge in [0.1, 0.15) is 6.10 Å². The van der Waals surface area contributed by atoms with Crippen molar-refractivity contribution in [3.8, 4) is 0 Å². The third-order valence-electron chi connectivity index (χ3n) is 4.35. The molecule has 0 bridgehead atoms. The molecule has 1 atom stereocenters. The number of anilines is 1. The van der Waals surface area contributed by atoms with Crippen LogP contribution in [0.2, 0.25) is 0 Å². The standard InChI is InChI=1S/C20H28N2O2S/c1-3-4-5-6-7-8-11-17(23)20(24)22-19-15-10-9-14-21-16(15)12-13-18(19)25-2/h9-10,12-14,17,23H,3-8,11H2,1-2H3,(H,22,24)/t17-/m1/s1. The van der Waals surface area contributed by atoms with Crippen molar-refractivity contribution in [2.75, 3.05) is 11.6 Å². The van der Waals surface area contributed by atoms with Crippen LogP contribution >= 0.6 is 11.8 Å². The average Bonchev–Trinajstić information content (AvgIpc) is 2.64. The normalized spacial score (nSPS) is 12.3. The number of amides is 1. The summed E-state index contributed by atoms with van der Waals surface area (Å²) in [5.41, 5.74) is 1.58. The number of carbonyl (C=O) groups excluding carboxylic acids is 1. The molecule has 0 radical (unpaired) electrons. The number of pyridine rings is 1. The van der Waals surface area contributed by atoms with Gasteiger partial charge in [-0.25, -0.2) is 0 Å². The van der Waals surface area contributed by atoms with Gasteiger partial charge < -0.3 is 10.4 Å². The van der Waals surface area contributed by atoms with Gasteiger partial charge in [-0.15, -0.1) is 11.8 Å². The number of fused-ring (bicyclic) bond motifs is 1. The molecule has 1 aromatic heterocycles. The SMILES string of the molecule is CCCCCCCC[C@@H](O)C(=O)Nc1c(SC)ccc2ncccc12. The number of aromatic nitrogens is 1. The van der Waals surface area contributed by atoms with Gasteiger partial charge in [0, 0.05) is 16.5 Å². The molecule has 4 nitrogen and oxygen atoms in total. The summed E-state index contributed by atoms with van der Waals surface area (Å²) in [7, 11) is 0. The summed E-state index contributed by atoms with van der Waals surface area (Å²) in [6, 6.07) is 7.70. The quantitative estimate of drug-likeness (QED) is 0.462. The molecule has 0 fully saturated rings. The van der Waals surface area contributed by atoms with Gasteiger partial charge >= 0.3 is 0 Å². The topological polar surface area (TPSA) is 62.2 Å². The average molecular weight is 361 g/mol. The third-order valence-corrected chi connectivity index (χ3v) is 5.13. The van der Waals surface area contributed by atoms with E-state index in [0.29, 0.717) is 6.42 Å². The Morgan fingerprint density at radius 3 is 2.72 bits per heavy atom. The monoisotopic (exact) mass is 360 g/mol. The smallest absolute Gasteiger partial charge is 0.253 e. The van der Waals surface area contributed by atoms with Crippen LogP contribution in [0.15, 0.2) is 35.4 Å². The van der Waals surface area contributed by atoms with E-state index in [1.807, 2.05) is 30.5 Å². The summed E-state index contributed by atoms with van der Waals surface area (Å²) >= 11 is 1.57. The molecule has 25 heavy (non-hydrogen) atoms. The molecule has 0 aliphatic carbocycles. The Balaban J connectivity index is 1.96. The van der Waals surface area contributed by atoms with Crippen molar-refractivity contribution in [3.63, 3.8) is 0 Å². The highest BCUT2D eigenvalue weighted by atomic mass is 32.2. The molecule has 1 heterocycles. The fourth-order valence-corrected chi connectivity index (χ4v) is 3.46. The first-order valence-corrected chi connectivity index (χ1v) is 10.3. The maximum absolute atomic E-state index is 12.4. The lowest BCUT2D eigenvalue weighted by Gasteiger charge is -2.15. The lowest BCUT2D eigenvalue weighted by molar-refractivity contribution is -0.124. The van der Waals surface area contributed by atoms with E-state index < -0.39 is 6.10 Å². The van der Waals surface area contributed by atoms with Gasteiger partial charge in [-0.05, 0) is 36.9 Å². The molecule has 0 unspecified atom stereocenters. The zero-order valence-electron chi connectivity index (χ0n) is 15.1. The van der Waals surface area contributed by atoms with Gasteiger partial charge in [0.05, 0.1) is 11.2 Å². The van der Waals surface area contributed by atoms with E-state index in [2.05, 4.69) is 17.2 Å². The molecule has 1 amide bonds. The second-order valence-corrected chi connectivity index (χ2v) is 7.12. The number of aliphatic hydroxyl groups is 1. The van der Waals surface area contributed by atoms with E-state index >= 15 is 0 Å². The van der Waals surface area contributed by atoms with Crippen LogP contribution in [0.1, 0.15) is 51.9 Å². The van der Waals surface area contributed by atoms with Crippen LogP contribution < -0.4 is 5.32 Å². The Bertz CT molecular complexity index is 690. The third kappa shape index (κ3) is 5.72. The summed E-state index contributed by atoms with van der Waals surface area (Å²) in [6.07, 6.45) is 10.1. The zero-order valence-corrected chi connectivity index (χ0v) is 15.9. The minimum Gasteiger partial charge on any atom is -0.383 e. The molecule has 0 saturated heterocycles. The van der Waals surface area contributed by atoms with Crippen LogP contribution in [0.25, 0.3) is 10.9 Å². The fourth-order valence-electron chi connectivity index (χ4n) is 2.89. The first-order chi connectivity index (χ1) is 12.2. The highest BCUT2D eigenvalue weighted by Gasteiger charge is 2.17. The van der Waals surface area contributed by atoms with Crippen molar-refractivity contribution in [3.05, 3.63) is 30.5 Å². The number of unbranched alkanes of at least 4 members (excludes halogenated alkanes) is 5. The van der Waals surface area contributed by atoms with E-state index in [0.717, 1.165) is 34.3 Å². The van der Waals surface area contributed by atoms with Crippen LogP contribution in [-0.4, -0.2) is 28.4 Å². The molecule has 136 valence electrons. The lowest BCUT2D eigenvalue weighted by Crippen LogP contribution is -2.27. The number of hydrogen-bond acceptors (Lipinski definition) is 4. The molecule has 1 aromatic carbocycles. The number of hydrogen-bond donors (Lipinski definition) is 2. The zero-order chi connectivity index (χ0) is 18.1. The van der Waals surface area contributed by atoms with Gasteiger partial charge in [0.2, 0.25) is 0 Å². The maximum atomic E-state index is 12.4. The predicted molar refractivity (Wildman–Crippen MR) is 106 cm³/mol. The van der Waals surface area contributed by atoms with Gasteiger partial charge in [0.25, 0.3) is 5.91 Å². The molecule has 0 aliphatic rings. The van der Waals surface area contributed by atoms with Crippen LogP contribution in [0.3, 0.4) is 0 Å². The maximum Gasteiger partial charge on any atom is 0.253 e. The van der Waals surface area contributed by atoms with E-state index in [1.54, 1.807) is 18.0 Å². The molecular formula is C20H28N2O2S. The summed E-state index contributed by atoms with van der Waals surface area (Å²) in [5, 5.41) is 14.0. The first-order valence-electron chi connectivity index (χ1n) is 9.08. The number of aliphatic hydroxyl groups excluding tert-OH is 1.